The van der Waals surface area contributed by atoms with Gasteiger partial charge in [0.15, 0.2) is 0 Å². The first-order chi connectivity index (χ1) is 14.4. The highest BCUT2D eigenvalue weighted by Crippen LogP contribution is 2.33. The van der Waals surface area contributed by atoms with E-state index in [-0.39, 0.29) is 29.0 Å². The smallest absolute Gasteiger partial charge is 0.258 e. The largest absolute Gasteiger partial charge is 0.493 e. The summed E-state index contributed by atoms with van der Waals surface area (Å²) >= 11 is 0. The number of H-pyrrole nitrogens is 1. The third-order valence-electron chi connectivity index (χ3n) is 5.42. The number of hydrogen-bond acceptors (Lipinski definition) is 4. The van der Waals surface area contributed by atoms with Crippen LogP contribution >= 0.6 is 0 Å². The van der Waals surface area contributed by atoms with Gasteiger partial charge in [0.05, 0.1) is 5.56 Å². The minimum atomic E-state index is -0.710. The number of aromatic hydroxyl groups is 1. The van der Waals surface area contributed by atoms with Crippen molar-refractivity contribution in [3.63, 3.8) is 0 Å². The SMILES string of the molecule is NC(=O)c1cc(F)ccc1-c1ccc(Cc2c(O)nc(CCC3CC3)[nH]c2=O)cc1. The Hall–Kier alpha value is -3.48. The van der Waals surface area contributed by atoms with Crippen molar-refractivity contribution in [2.24, 2.45) is 11.7 Å². The Labute approximate surface area is 172 Å². The molecule has 2 aromatic carbocycles. The zero-order chi connectivity index (χ0) is 21.3. The second-order valence-corrected chi connectivity index (χ2v) is 7.72. The molecule has 1 aromatic heterocycles. The van der Waals surface area contributed by atoms with Gasteiger partial charge in [-0.1, -0.05) is 43.2 Å². The van der Waals surface area contributed by atoms with E-state index < -0.39 is 11.7 Å². The lowest BCUT2D eigenvalue weighted by Gasteiger charge is -2.09. The van der Waals surface area contributed by atoms with Gasteiger partial charge >= 0.3 is 0 Å². The van der Waals surface area contributed by atoms with Crippen LogP contribution in [0.3, 0.4) is 0 Å². The molecule has 30 heavy (non-hydrogen) atoms. The molecule has 4 rings (SSSR count). The second kappa shape index (κ2) is 8.10. The van der Waals surface area contributed by atoms with Gasteiger partial charge in [0.1, 0.15) is 11.6 Å². The molecular weight excluding hydrogens is 385 g/mol. The molecule has 1 amide bonds. The number of halogens is 1. The van der Waals surface area contributed by atoms with Gasteiger partial charge in [0, 0.05) is 18.4 Å². The molecule has 154 valence electrons. The highest BCUT2D eigenvalue weighted by Gasteiger charge is 2.21. The van der Waals surface area contributed by atoms with Gasteiger partial charge in [-0.3, -0.25) is 9.59 Å². The lowest BCUT2D eigenvalue weighted by Crippen LogP contribution is -2.17. The van der Waals surface area contributed by atoms with Gasteiger partial charge in [-0.2, -0.15) is 0 Å². The van der Waals surface area contributed by atoms with Crippen LogP contribution < -0.4 is 11.3 Å². The summed E-state index contributed by atoms with van der Waals surface area (Å²) in [7, 11) is 0. The minimum absolute atomic E-state index is 0.0998. The molecule has 1 heterocycles. The molecule has 1 saturated carbocycles. The number of nitrogens with two attached hydrogens (primary N) is 1. The van der Waals surface area contributed by atoms with Crippen LogP contribution in [0.1, 0.15) is 46.6 Å². The van der Waals surface area contributed by atoms with E-state index in [1.807, 2.05) is 0 Å². The number of aryl methyl sites for hydroxylation is 1. The summed E-state index contributed by atoms with van der Waals surface area (Å²) in [6.45, 7) is 0. The van der Waals surface area contributed by atoms with Crippen LogP contribution in [0.25, 0.3) is 11.1 Å². The average molecular weight is 407 g/mol. The number of aromatic nitrogens is 2. The van der Waals surface area contributed by atoms with Crippen LogP contribution in [-0.4, -0.2) is 21.0 Å². The number of nitrogens with one attached hydrogen (secondary N) is 1. The van der Waals surface area contributed by atoms with E-state index >= 15 is 0 Å². The summed E-state index contributed by atoms with van der Waals surface area (Å²) in [4.78, 5) is 31.0. The summed E-state index contributed by atoms with van der Waals surface area (Å²) < 4.78 is 13.5. The number of aromatic amines is 1. The van der Waals surface area contributed by atoms with Crippen LogP contribution in [-0.2, 0) is 12.8 Å². The molecule has 1 aliphatic rings. The van der Waals surface area contributed by atoms with E-state index in [4.69, 9.17) is 5.73 Å². The van der Waals surface area contributed by atoms with E-state index in [0.717, 1.165) is 18.1 Å². The molecule has 6 nitrogen and oxygen atoms in total. The highest BCUT2D eigenvalue weighted by atomic mass is 19.1. The summed E-state index contributed by atoms with van der Waals surface area (Å²) in [6.07, 6.45) is 4.29. The number of rotatable bonds is 7. The Morgan fingerprint density at radius 3 is 2.57 bits per heavy atom. The van der Waals surface area contributed by atoms with Crippen molar-refractivity contribution in [3.8, 4) is 17.0 Å². The van der Waals surface area contributed by atoms with Gasteiger partial charge in [-0.25, -0.2) is 9.37 Å². The van der Waals surface area contributed by atoms with E-state index in [9.17, 15) is 19.1 Å². The molecular formula is C23H22FN3O3. The maximum atomic E-state index is 13.5. The zero-order valence-corrected chi connectivity index (χ0v) is 16.3. The van der Waals surface area contributed by atoms with Gasteiger partial charge in [0.25, 0.3) is 5.56 Å². The number of benzene rings is 2. The molecule has 1 fully saturated rings. The number of carbonyl (C=O) groups excluding carboxylic acids is 1. The standard InChI is InChI=1S/C23H22FN3O3/c24-16-8-9-17(18(12-16)21(25)28)15-6-3-14(4-7-15)11-19-22(29)26-20(27-23(19)30)10-5-13-1-2-13/h3-4,6-9,12-13H,1-2,5,10-11H2,(H2,25,28)(H2,26,27,29,30). The maximum absolute atomic E-state index is 13.5. The molecule has 0 bridgehead atoms. The van der Waals surface area contributed by atoms with Crippen LogP contribution in [0.5, 0.6) is 5.88 Å². The minimum Gasteiger partial charge on any atom is -0.493 e. The van der Waals surface area contributed by atoms with Gasteiger partial charge in [0.2, 0.25) is 11.8 Å². The molecule has 0 unspecified atom stereocenters. The maximum Gasteiger partial charge on any atom is 0.258 e. The number of carbonyl (C=O) groups is 1. The second-order valence-electron chi connectivity index (χ2n) is 7.72. The summed E-state index contributed by atoms with van der Waals surface area (Å²) in [5.74, 6) is -0.265. The van der Waals surface area contributed by atoms with E-state index in [0.29, 0.717) is 29.3 Å². The fraction of sp³-hybridized carbons (Fsp3) is 0.261. The Bertz CT molecular complexity index is 1150. The first-order valence-corrected chi connectivity index (χ1v) is 9.90. The molecule has 3 aromatic rings. The average Bonchev–Trinajstić information content (AvgIpc) is 3.54. The molecule has 0 saturated heterocycles. The van der Waals surface area contributed by atoms with E-state index in [1.54, 1.807) is 24.3 Å². The Kier molecular flexibility index (Phi) is 5.35. The lowest BCUT2D eigenvalue weighted by atomic mass is 9.97. The van der Waals surface area contributed by atoms with Crippen LogP contribution in [0.2, 0.25) is 0 Å². The van der Waals surface area contributed by atoms with Crippen molar-refractivity contribution in [3.05, 3.63) is 81.2 Å². The quantitative estimate of drug-likeness (QED) is 0.558. The van der Waals surface area contributed by atoms with Crippen LogP contribution in [0.4, 0.5) is 4.39 Å². The molecule has 0 spiro atoms. The Morgan fingerprint density at radius 2 is 1.93 bits per heavy atom. The zero-order valence-electron chi connectivity index (χ0n) is 16.3. The first-order valence-electron chi connectivity index (χ1n) is 9.90. The van der Waals surface area contributed by atoms with Crippen molar-refractivity contribution < 1.29 is 14.3 Å². The van der Waals surface area contributed by atoms with Crippen molar-refractivity contribution >= 4 is 5.91 Å². The Balaban J connectivity index is 1.54. The Morgan fingerprint density at radius 1 is 1.20 bits per heavy atom. The molecule has 0 radical (unpaired) electrons. The molecule has 7 heteroatoms. The number of amides is 1. The van der Waals surface area contributed by atoms with E-state index in [1.165, 1.54) is 25.0 Å². The van der Waals surface area contributed by atoms with Crippen molar-refractivity contribution in [2.45, 2.75) is 32.1 Å². The fourth-order valence-corrected chi connectivity index (χ4v) is 3.53. The predicted molar refractivity (Wildman–Crippen MR) is 111 cm³/mol. The third kappa shape index (κ3) is 4.40. The van der Waals surface area contributed by atoms with E-state index in [2.05, 4.69) is 9.97 Å². The molecule has 4 N–H and O–H groups in total. The van der Waals surface area contributed by atoms with Crippen molar-refractivity contribution in [1.82, 2.24) is 9.97 Å². The van der Waals surface area contributed by atoms with Crippen molar-refractivity contribution in [1.29, 1.82) is 0 Å². The summed E-state index contributed by atoms with van der Waals surface area (Å²) in [5.41, 5.74) is 7.33. The first kappa shape index (κ1) is 19.8. The van der Waals surface area contributed by atoms with Crippen LogP contribution in [0.15, 0.2) is 47.3 Å². The van der Waals surface area contributed by atoms with Gasteiger partial charge < -0.3 is 15.8 Å². The number of hydrogen-bond donors (Lipinski definition) is 3. The van der Waals surface area contributed by atoms with Gasteiger partial charge in [-0.05, 0) is 41.2 Å². The third-order valence-corrected chi connectivity index (χ3v) is 5.42. The van der Waals surface area contributed by atoms with Crippen LogP contribution in [0, 0.1) is 11.7 Å². The molecule has 1 aliphatic carbocycles. The number of primary amides is 1. The number of nitrogens with zero attached hydrogens (tertiary/aromatic N) is 1. The van der Waals surface area contributed by atoms with Crippen molar-refractivity contribution in [2.75, 3.05) is 0 Å². The predicted octanol–water partition coefficient (Wildman–Crippen LogP) is 3.31. The topological polar surface area (TPSA) is 109 Å². The molecule has 0 aliphatic heterocycles. The fourth-order valence-electron chi connectivity index (χ4n) is 3.53. The summed E-state index contributed by atoms with van der Waals surface area (Å²) in [5, 5.41) is 10.3. The monoisotopic (exact) mass is 407 g/mol. The highest BCUT2D eigenvalue weighted by molar-refractivity contribution is 5.99. The molecule has 0 atom stereocenters. The normalized spacial score (nSPS) is 13.4. The van der Waals surface area contributed by atoms with Gasteiger partial charge in [-0.15, -0.1) is 0 Å². The lowest BCUT2D eigenvalue weighted by molar-refractivity contribution is 0.100. The summed E-state index contributed by atoms with van der Waals surface area (Å²) in [6, 6.07) is 11.0.